The van der Waals surface area contributed by atoms with Crippen LogP contribution in [0.4, 0.5) is 22.0 Å². The Morgan fingerprint density at radius 2 is 1.62 bits per heavy atom. The van der Waals surface area contributed by atoms with Crippen LogP contribution >= 0.6 is 0 Å². The lowest BCUT2D eigenvalue weighted by molar-refractivity contribution is -0.224. The normalized spacial score (nSPS) is 27.1. The number of alkyl halides is 4. The van der Waals surface area contributed by atoms with Crippen molar-refractivity contribution in [3.63, 3.8) is 0 Å². The van der Waals surface area contributed by atoms with Crippen molar-refractivity contribution in [3.8, 4) is 11.5 Å². The van der Waals surface area contributed by atoms with Gasteiger partial charge < -0.3 is 9.47 Å². The summed E-state index contributed by atoms with van der Waals surface area (Å²) in [5.74, 6) is -0.509. The number of benzene rings is 1. The Kier molecular flexibility index (Phi) is 8.83. The number of hydrogen-bond acceptors (Lipinski definition) is 2. The van der Waals surface area contributed by atoms with Crippen LogP contribution in [-0.4, -0.2) is 12.5 Å². The molecule has 0 bridgehead atoms. The summed E-state index contributed by atoms with van der Waals surface area (Å²) in [6, 6.07) is 3.03. The Bertz CT molecular complexity index is 736. The van der Waals surface area contributed by atoms with Gasteiger partial charge in [-0.05, 0) is 68.4 Å². The Labute approximate surface area is 187 Å². The van der Waals surface area contributed by atoms with Gasteiger partial charge in [-0.2, -0.15) is 8.78 Å². The van der Waals surface area contributed by atoms with E-state index < -0.39 is 24.3 Å². The van der Waals surface area contributed by atoms with Crippen LogP contribution < -0.4 is 9.47 Å². The summed E-state index contributed by atoms with van der Waals surface area (Å²) in [7, 11) is 0. The summed E-state index contributed by atoms with van der Waals surface area (Å²) in [6.07, 6.45) is 4.82. The zero-order valence-corrected chi connectivity index (χ0v) is 18.6. The SMILES string of the molecule is CCCC1CCC(C2CCC(C(F)(F)Oc3ccc(O/C=C/C(F)F)c(F)c3)CC2)CC1. The summed E-state index contributed by atoms with van der Waals surface area (Å²) < 4.78 is 77.3. The molecule has 32 heavy (non-hydrogen) atoms. The van der Waals surface area contributed by atoms with Crippen LogP contribution in [0.5, 0.6) is 11.5 Å². The van der Waals surface area contributed by atoms with E-state index in [-0.39, 0.29) is 11.5 Å². The van der Waals surface area contributed by atoms with Gasteiger partial charge in [0.15, 0.2) is 11.6 Å². The first-order valence-corrected chi connectivity index (χ1v) is 11.8. The van der Waals surface area contributed by atoms with E-state index in [9.17, 15) is 22.0 Å². The van der Waals surface area contributed by atoms with Gasteiger partial charge in [0, 0.05) is 12.1 Å². The first-order chi connectivity index (χ1) is 15.3. The zero-order chi connectivity index (χ0) is 23.1. The maximum Gasteiger partial charge on any atom is 0.400 e. The first kappa shape index (κ1) is 24.8. The van der Waals surface area contributed by atoms with Crippen molar-refractivity contribution in [2.24, 2.45) is 23.7 Å². The van der Waals surface area contributed by atoms with E-state index in [1.807, 2.05) is 0 Å². The third-order valence-electron chi connectivity index (χ3n) is 7.08. The molecule has 0 N–H and O–H groups in total. The Morgan fingerprint density at radius 3 is 2.19 bits per heavy atom. The standard InChI is InChI=1S/C25H33F5O2/c1-2-3-17-4-6-18(7-5-17)19-8-10-20(11-9-19)25(29,30)32-21-12-13-23(22(26)16-21)31-15-14-24(27)28/h12-20,24H,2-11H2,1H3/b15-14+. The molecular formula is C25H33F5O2. The molecular weight excluding hydrogens is 427 g/mol. The van der Waals surface area contributed by atoms with Crippen molar-refractivity contribution in [2.45, 2.75) is 83.7 Å². The highest BCUT2D eigenvalue weighted by Crippen LogP contribution is 2.46. The number of allylic oxidation sites excluding steroid dienone is 1. The van der Waals surface area contributed by atoms with Crippen LogP contribution in [0, 0.1) is 29.5 Å². The molecule has 2 aliphatic rings. The lowest BCUT2D eigenvalue weighted by Crippen LogP contribution is -2.38. The van der Waals surface area contributed by atoms with Crippen molar-refractivity contribution in [3.05, 3.63) is 36.4 Å². The van der Waals surface area contributed by atoms with Crippen LogP contribution in [0.3, 0.4) is 0 Å². The molecule has 0 aromatic heterocycles. The fraction of sp³-hybridized carbons (Fsp3) is 0.680. The molecule has 7 heteroatoms. The molecule has 2 fully saturated rings. The molecule has 3 rings (SSSR count). The summed E-state index contributed by atoms with van der Waals surface area (Å²) in [5.41, 5.74) is 0. The molecule has 2 nitrogen and oxygen atoms in total. The maximum atomic E-state index is 14.8. The molecule has 180 valence electrons. The third-order valence-corrected chi connectivity index (χ3v) is 7.08. The van der Waals surface area contributed by atoms with Crippen molar-refractivity contribution in [1.82, 2.24) is 0 Å². The predicted molar refractivity (Wildman–Crippen MR) is 114 cm³/mol. The van der Waals surface area contributed by atoms with Gasteiger partial charge in [-0.15, -0.1) is 0 Å². The second-order valence-electron chi connectivity index (χ2n) is 9.22. The summed E-state index contributed by atoms with van der Waals surface area (Å²) in [4.78, 5) is 0. The smallest absolute Gasteiger partial charge is 0.400 e. The fourth-order valence-corrected chi connectivity index (χ4v) is 5.34. The molecule has 1 aromatic carbocycles. The average Bonchev–Trinajstić information content (AvgIpc) is 2.76. The van der Waals surface area contributed by atoms with Gasteiger partial charge in [-0.1, -0.05) is 32.6 Å². The van der Waals surface area contributed by atoms with E-state index in [0.717, 1.165) is 37.0 Å². The molecule has 2 saturated carbocycles. The number of rotatable bonds is 9. The molecule has 0 radical (unpaired) electrons. The van der Waals surface area contributed by atoms with Crippen molar-refractivity contribution in [2.75, 3.05) is 0 Å². The highest BCUT2D eigenvalue weighted by molar-refractivity contribution is 5.33. The first-order valence-electron chi connectivity index (χ1n) is 11.8. The van der Waals surface area contributed by atoms with Crippen LogP contribution in [-0.2, 0) is 0 Å². The average molecular weight is 461 g/mol. The van der Waals surface area contributed by atoms with Gasteiger partial charge in [0.05, 0.1) is 12.2 Å². The summed E-state index contributed by atoms with van der Waals surface area (Å²) in [5, 5.41) is 0. The predicted octanol–water partition coefficient (Wildman–Crippen LogP) is 8.37. The molecule has 0 aliphatic heterocycles. The van der Waals surface area contributed by atoms with E-state index in [1.165, 1.54) is 38.5 Å². The minimum atomic E-state index is -3.39. The van der Waals surface area contributed by atoms with Gasteiger partial charge in [-0.3, -0.25) is 0 Å². The number of halogens is 5. The van der Waals surface area contributed by atoms with E-state index >= 15 is 0 Å². The van der Waals surface area contributed by atoms with E-state index in [4.69, 9.17) is 9.47 Å². The van der Waals surface area contributed by atoms with E-state index in [0.29, 0.717) is 37.0 Å². The van der Waals surface area contributed by atoms with Gasteiger partial charge >= 0.3 is 6.11 Å². The quantitative estimate of drug-likeness (QED) is 0.272. The Morgan fingerprint density at radius 1 is 1.00 bits per heavy atom. The lowest BCUT2D eigenvalue weighted by atomic mass is 9.68. The molecule has 0 saturated heterocycles. The summed E-state index contributed by atoms with van der Waals surface area (Å²) >= 11 is 0. The molecule has 1 aromatic rings. The minimum absolute atomic E-state index is 0.311. The number of hydrogen-bond donors (Lipinski definition) is 0. The molecule has 0 heterocycles. The second kappa shape index (κ2) is 11.4. The zero-order valence-electron chi connectivity index (χ0n) is 18.6. The summed E-state index contributed by atoms with van der Waals surface area (Å²) in [6.45, 7) is 2.22. The number of ether oxygens (including phenoxy) is 2. The second-order valence-corrected chi connectivity index (χ2v) is 9.22. The monoisotopic (exact) mass is 460 g/mol. The van der Waals surface area contributed by atoms with Gasteiger partial charge in [0.2, 0.25) is 0 Å². The van der Waals surface area contributed by atoms with Gasteiger partial charge in [0.25, 0.3) is 6.43 Å². The third kappa shape index (κ3) is 6.85. The minimum Gasteiger partial charge on any atom is -0.462 e. The van der Waals surface area contributed by atoms with Crippen molar-refractivity contribution in [1.29, 1.82) is 0 Å². The Hall–Kier alpha value is -1.79. The largest absolute Gasteiger partial charge is 0.462 e. The van der Waals surface area contributed by atoms with Crippen LogP contribution in [0.2, 0.25) is 0 Å². The Balaban J connectivity index is 1.49. The molecule has 0 spiro atoms. The molecule has 0 amide bonds. The van der Waals surface area contributed by atoms with Crippen LogP contribution in [0.15, 0.2) is 30.5 Å². The van der Waals surface area contributed by atoms with Crippen LogP contribution in [0.1, 0.15) is 71.1 Å². The fourth-order valence-electron chi connectivity index (χ4n) is 5.34. The molecule has 2 aliphatic carbocycles. The molecule has 0 unspecified atom stereocenters. The van der Waals surface area contributed by atoms with Gasteiger partial charge in [0.1, 0.15) is 5.75 Å². The lowest BCUT2D eigenvalue weighted by Gasteiger charge is -2.39. The van der Waals surface area contributed by atoms with Crippen molar-refractivity contribution >= 4 is 0 Å². The van der Waals surface area contributed by atoms with Crippen molar-refractivity contribution < 1.29 is 31.4 Å². The van der Waals surface area contributed by atoms with Gasteiger partial charge in [-0.25, -0.2) is 13.2 Å². The molecule has 0 atom stereocenters. The topological polar surface area (TPSA) is 18.5 Å². The van der Waals surface area contributed by atoms with E-state index in [2.05, 4.69) is 6.92 Å². The highest BCUT2D eigenvalue weighted by Gasteiger charge is 2.45. The maximum absolute atomic E-state index is 14.8. The highest BCUT2D eigenvalue weighted by atomic mass is 19.3. The van der Waals surface area contributed by atoms with E-state index in [1.54, 1.807) is 0 Å². The van der Waals surface area contributed by atoms with Crippen LogP contribution in [0.25, 0.3) is 0 Å².